The van der Waals surface area contributed by atoms with Crippen molar-refractivity contribution in [2.75, 3.05) is 13.1 Å². The predicted molar refractivity (Wildman–Crippen MR) is 131 cm³/mol. The molecule has 5 rings (SSSR count). The third-order valence-corrected chi connectivity index (χ3v) is 9.74. The summed E-state index contributed by atoms with van der Waals surface area (Å²) in [7, 11) is 0. The zero-order valence-corrected chi connectivity index (χ0v) is 20.6. The van der Waals surface area contributed by atoms with Gasteiger partial charge in [0, 0.05) is 24.4 Å². The highest BCUT2D eigenvalue weighted by Gasteiger charge is 2.55. The van der Waals surface area contributed by atoms with E-state index < -0.39 is 5.60 Å². The molecule has 1 spiro atoms. The SMILES string of the molecule is CC(CC1CCCCC1)C(=O)N1CCC(O)(Cn2cnc3ccsc3c2=O)C2(CCCC2)C1. The summed E-state index contributed by atoms with van der Waals surface area (Å²) in [5, 5.41) is 13.9. The van der Waals surface area contributed by atoms with Crippen molar-refractivity contribution in [1.82, 2.24) is 14.5 Å². The molecule has 33 heavy (non-hydrogen) atoms. The average Bonchev–Trinajstić information content (AvgIpc) is 3.49. The number of rotatable bonds is 5. The number of hydrogen-bond donors (Lipinski definition) is 1. The van der Waals surface area contributed by atoms with Gasteiger partial charge in [0.15, 0.2) is 0 Å². The lowest BCUT2D eigenvalue weighted by Crippen LogP contribution is -2.62. The highest BCUT2D eigenvalue weighted by molar-refractivity contribution is 7.17. The Morgan fingerprint density at radius 1 is 1.21 bits per heavy atom. The van der Waals surface area contributed by atoms with Crippen LogP contribution in [-0.2, 0) is 11.3 Å². The van der Waals surface area contributed by atoms with Crippen LogP contribution in [0.15, 0.2) is 22.6 Å². The van der Waals surface area contributed by atoms with Crippen molar-refractivity contribution in [3.8, 4) is 0 Å². The van der Waals surface area contributed by atoms with Gasteiger partial charge in [-0.25, -0.2) is 4.98 Å². The predicted octanol–water partition coefficient (Wildman–Crippen LogP) is 4.59. The molecular weight excluding hydrogens is 434 g/mol. The van der Waals surface area contributed by atoms with Gasteiger partial charge in [0.2, 0.25) is 5.91 Å². The molecule has 3 fully saturated rings. The number of nitrogens with zero attached hydrogens (tertiary/aromatic N) is 3. The minimum Gasteiger partial charge on any atom is -0.387 e. The van der Waals surface area contributed by atoms with E-state index in [1.54, 1.807) is 10.9 Å². The second-order valence-corrected chi connectivity index (χ2v) is 11.9. The number of fused-ring (bicyclic) bond motifs is 1. The molecule has 3 aliphatic rings. The van der Waals surface area contributed by atoms with E-state index in [2.05, 4.69) is 11.9 Å². The Hall–Kier alpha value is -1.73. The van der Waals surface area contributed by atoms with Crippen LogP contribution in [0, 0.1) is 17.3 Å². The number of carbonyl (C=O) groups is 1. The molecule has 0 aromatic carbocycles. The largest absolute Gasteiger partial charge is 0.387 e. The molecule has 2 aliphatic carbocycles. The van der Waals surface area contributed by atoms with E-state index in [0.29, 0.717) is 30.1 Å². The first kappa shape index (κ1) is 23.0. The van der Waals surface area contributed by atoms with Crippen molar-refractivity contribution in [1.29, 1.82) is 0 Å². The molecule has 3 heterocycles. The molecule has 2 unspecified atom stereocenters. The van der Waals surface area contributed by atoms with Gasteiger partial charge in [0.05, 0.1) is 24.0 Å². The summed E-state index contributed by atoms with van der Waals surface area (Å²) in [5.41, 5.74) is -0.689. The molecule has 1 aliphatic heterocycles. The number of aliphatic hydroxyl groups is 1. The first-order valence-electron chi connectivity index (χ1n) is 12.8. The Morgan fingerprint density at radius 3 is 2.73 bits per heavy atom. The lowest BCUT2D eigenvalue weighted by molar-refractivity contribution is -0.163. The standard InChI is InChI=1S/C26H37N3O3S/c1-19(15-20-7-3-2-4-8-20)23(30)28-13-12-26(32,25(16-28)10-5-6-11-25)17-29-18-27-21-9-14-33-22(21)24(29)31/h9,14,18-20,32H,2-8,10-13,15-17H2,1H3. The van der Waals surface area contributed by atoms with Gasteiger partial charge in [-0.3, -0.25) is 14.2 Å². The maximum absolute atomic E-state index is 13.4. The fraction of sp³-hybridized carbons (Fsp3) is 0.731. The summed E-state index contributed by atoms with van der Waals surface area (Å²) in [5.74, 6) is 0.991. The van der Waals surface area contributed by atoms with Crippen LogP contribution in [0.25, 0.3) is 10.2 Å². The zero-order chi connectivity index (χ0) is 23.1. The number of thiophene rings is 1. The number of aromatic nitrogens is 2. The first-order chi connectivity index (χ1) is 15.9. The molecule has 7 heteroatoms. The Balaban J connectivity index is 1.33. The molecular formula is C26H37N3O3S. The van der Waals surface area contributed by atoms with Crippen LogP contribution in [-0.4, -0.2) is 44.2 Å². The second kappa shape index (κ2) is 9.14. The Morgan fingerprint density at radius 2 is 1.97 bits per heavy atom. The van der Waals surface area contributed by atoms with Crippen LogP contribution < -0.4 is 5.56 Å². The van der Waals surface area contributed by atoms with E-state index in [0.717, 1.165) is 37.6 Å². The number of carbonyl (C=O) groups excluding carboxylic acids is 1. The minimum atomic E-state index is -0.997. The van der Waals surface area contributed by atoms with E-state index >= 15 is 0 Å². The number of piperidine rings is 1. The topological polar surface area (TPSA) is 75.4 Å². The van der Waals surface area contributed by atoms with Gasteiger partial charge >= 0.3 is 0 Å². The van der Waals surface area contributed by atoms with Crippen LogP contribution in [0.4, 0.5) is 0 Å². The average molecular weight is 472 g/mol. The van der Waals surface area contributed by atoms with Crippen LogP contribution in [0.1, 0.15) is 77.6 Å². The second-order valence-electron chi connectivity index (χ2n) is 11.0. The van der Waals surface area contributed by atoms with E-state index in [4.69, 9.17) is 0 Å². The van der Waals surface area contributed by atoms with Gasteiger partial charge in [-0.2, -0.15) is 0 Å². The highest BCUT2D eigenvalue weighted by Crippen LogP contribution is 2.51. The van der Waals surface area contributed by atoms with E-state index in [1.165, 1.54) is 43.4 Å². The monoisotopic (exact) mass is 471 g/mol. The summed E-state index contributed by atoms with van der Waals surface area (Å²) in [6.45, 7) is 3.53. The Bertz CT molecular complexity index is 1050. The lowest BCUT2D eigenvalue weighted by atomic mass is 9.65. The Labute approximate surface area is 200 Å². The van der Waals surface area contributed by atoms with Crippen molar-refractivity contribution in [3.05, 3.63) is 28.1 Å². The fourth-order valence-corrected chi connectivity index (χ4v) is 7.69. The number of hydrogen-bond acceptors (Lipinski definition) is 5. The first-order valence-corrected chi connectivity index (χ1v) is 13.7. The maximum Gasteiger partial charge on any atom is 0.271 e. The van der Waals surface area contributed by atoms with Gasteiger partial charge < -0.3 is 10.0 Å². The van der Waals surface area contributed by atoms with Crippen LogP contribution in [0.3, 0.4) is 0 Å². The summed E-state index contributed by atoms with van der Waals surface area (Å²) in [6.07, 6.45) is 13.5. The number of amides is 1. The molecule has 2 atom stereocenters. The fourth-order valence-electron chi connectivity index (χ4n) is 6.90. The van der Waals surface area contributed by atoms with Crippen molar-refractivity contribution < 1.29 is 9.90 Å². The molecule has 1 amide bonds. The van der Waals surface area contributed by atoms with Crippen LogP contribution in [0.2, 0.25) is 0 Å². The van der Waals surface area contributed by atoms with Gasteiger partial charge in [-0.1, -0.05) is 51.9 Å². The van der Waals surface area contributed by atoms with Crippen molar-refractivity contribution in [2.24, 2.45) is 17.3 Å². The molecule has 1 saturated heterocycles. The lowest BCUT2D eigenvalue weighted by Gasteiger charge is -2.52. The third kappa shape index (κ3) is 4.27. The van der Waals surface area contributed by atoms with Gasteiger partial charge in [-0.15, -0.1) is 11.3 Å². The molecule has 2 aromatic heterocycles. The smallest absolute Gasteiger partial charge is 0.271 e. The van der Waals surface area contributed by atoms with E-state index in [1.807, 2.05) is 16.3 Å². The summed E-state index contributed by atoms with van der Waals surface area (Å²) < 4.78 is 2.24. The van der Waals surface area contributed by atoms with E-state index in [9.17, 15) is 14.7 Å². The summed E-state index contributed by atoms with van der Waals surface area (Å²) >= 11 is 1.40. The third-order valence-electron chi connectivity index (χ3n) is 8.85. The maximum atomic E-state index is 13.4. The Kier molecular flexibility index (Phi) is 6.38. The zero-order valence-electron chi connectivity index (χ0n) is 19.8. The van der Waals surface area contributed by atoms with Crippen molar-refractivity contribution in [2.45, 2.75) is 89.7 Å². The van der Waals surface area contributed by atoms with Gasteiger partial charge in [0.25, 0.3) is 5.56 Å². The van der Waals surface area contributed by atoms with Gasteiger partial charge in [-0.05, 0) is 43.0 Å². The molecule has 0 bridgehead atoms. The molecule has 180 valence electrons. The van der Waals surface area contributed by atoms with Crippen LogP contribution in [0.5, 0.6) is 0 Å². The van der Waals surface area contributed by atoms with E-state index in [-0.39, 0.29) is 29.3 Å². The molecule has 6 nitrogen and oxygen atoms in total. The quantitative estimate of drug-likeness (QED) is 0.692. The minimum absolute atomic E-state index is 0.0470. The van der Waals surface area contributed by atoms with Crippen molar-refractivity contribution >= 4 is 27.5 Å². The van der Waals surface area contributed by atoms with Crippen LogP contribution >= 0.6 is 11.3 Å². The molecule has 2 saturated carbocycles. The highest BCUT2D eigenvalue weighted by atomic mass is 32.1. The normalized spacial score (nSPS) is 26.8. The molecule has 2 aromatic rings. The van der Waals surface area contributed by atoms with Gasteiger partial charge in [0.1, 0.15) is 4.70 Å². The molecule has 1 N–H and O–H groups in total. The summed E-state index contributed by atoms with van der Waals surface area (Å²) in [6, 6.07) is 1.86. The van der Waals surface area contributed by atoms with Crippen molar-refractivity contribution in [3.63, 3.8) is 0 Å². The number of likely N-dealkylation sites (tertiary alicyclic amines) is 1. The molecule has 0 radical (unpaired) electrons. The summed E-state index contributed by atoms with van der Waals surface area (Å²) in [4.78, 5) is 32.9.